The van der Waals surface area contributed by atoms with E-state index in [0.29, 0.717) is 13.4 Å². The molecule has 4 heteroatoms. The molecule has 0 radical (unpaired) electrons. The van der Waals surface area contributed by atoms with E-state index in [1.165, 1.54) is 6.42 Å². The van der Waals surface area contributed by atoms with Crippen LogP contribution >= 0.6 is 0 Å². The number of aromatic nitrogens is 2. The second-order valence-corrected chi connectivity index (χ2v) is 4.78. The first-order valence-corrected chi connectivity index (χ1v) is 6.53. The van der Waals surface area contributed by atoms with Gasteiger partial charge >= 0.3 is 0 Å². The molecule has 0 N–H and O–H groups in total. The summed E-state index contributed by atoms with van der Waals surface area (Å²) in [4.78, 5) is 0. The van der Waals surface area contributed by atoms with Crippen LogP contribution in [-0.4, -0.2) is 23.2 Å². The zero-order chi connectivity index (χ0) is 13.2. The Hall–Kier alpha value is -1.13. The molecule has 1 fully saturated rings. The first-order valence-electron chi connectivity index (χ1n) is 6.53. The Bertz CT molecular complexity index is 433. The molecule has 0 amide bonds. The maximum absolute atomic E-state index is 5.96. The molecular formula is C14H22N2O2. The van der Waals surface area contributed by atoms with E-state index in [1.54, 1.807) is 0 Å². The predicted molar refractivity (Wildman–Crippen MR) is 71.1 cm³/mol. The van der Waals surface area contributed by atoms with Crippen LogP contribution in [0, 0.1) is 6.92 Å². The van der Waals surface area contributed by atoms with Gasteiger partial charge in [-0.3, -0.25) is 4.68 Å². The smallest absolute Gasteiger partial charge is 0.147 e. The number of hydrogen-bond donors (Lipinski definition) is 0. The number of nitrogens with zero attached hydrogens (tertiary/aromatic N) is 2. The lowest BCUT2D eigenvalue weighted by atomic mass is 9.76. The van der Waals surface area contributed by atoms with Crippen LogP contribution in [0.1, 0.15) is 43.1 Å². The number of aryl methyl sites for hydroxylation is 1. The third-order valence-electron chi connectivity index (χ3n) is 3.80. The molecular weight excluding hydrogens is 228 g/mol. The van der Waals surface area contributed by atoms with Gasteiger partial charge in [-0.05, 0) is 33.1 Å². The zero-order valence-corrected chi connectivity index (χ0v) is 11.5. The van der Waals surface area contributed by atoms with Gasteiger partial charge in [0.1, 0.15) is 18.1 Å². The highest BCUT2D eigenvalue weighted by Crippen LogP contribution is 2.46. The van der Waals surface area contributed by atoms with Gasteiger partial charge < -0.3 is 9.47 Å². The summed E-state index contributed by atoms with van der Waals surface area (Å²) in [6.07, 6.45) is 5.08. The van der Waals surface area contributed by atoms with E-state index in [4.69, 9.17) is 9.47 Å². The fraction of sp³-hybridized carbons (Fsp3) is 0.643. The molecule has 2 rings (SSSR count). The Morgan fingerprint density at radius 1 is 1.50 bits per heavy atom. The van der Waals surface area contributed by atoms with E-state index in [1.807, 2.05) is 24.7 Å². The average Bonchev–Trinajstić information content (AvgIpc) is 2.59. The van der Waals surface area contributed by atoms with Gasteiger partial charge in [0, 0.05) is 24.9 Å². The highest BCUT2D eigenvalue weighted by molar-refractivity contribution is 5.54. The third kappa shape index (κ3) is 2.10. The summed E-state index contributed by atoms with van der Waals surface area (Å²) < 4.78 is 13.2. The van der Waals surface area contributed by atoms with Crippen LogP contribution in [0.2, 0.25) is 0 Å². The minimum Gasteiger partial charge on any atom is -0.356 e. The molecule has 0 aliphatic heterocycles. The molecule has 1 aliphatic carbocycles. The minimum atomic E-state index is -0.259. The van der Waals surface area contributed by atoms with Crippen molar-refractivity contribution in [3.63, 3.8) is 0 Å². The van der Waals surface area contributed by atoms with Crippen LogP contribution in [0.3, 0.4) is 0 Å². The molecule has 0 saturated heterocycles. The first kappa shape index (κ1) is 13.3. The van der Waals surface area contributed by atoms with Gasteiger partial charge in [0.05, 0.1) is 0 Å². The van der Waals surface area contributed by atoms with Crippen molar-refractivity contribution in [1.82, 2.24) is 9.78 Å². The first-order chi connectivity index (χ1) is 8.64. The van der Waals surface area contributed by atoms with Gasteiger partial charge in [0.25, 0.3) is 0 Å². The molecule has 0 unspecified atom stereocenters. The summed E-state index contributed by atoms with van der Waals surface area (Å²) in [7, 11) is 1.96. The highest BCUT2D eigenvalue weighted by atomic mass is 16.7. The summed E-state index contributed by atoms with van der Waals surface area (Å²) in [6.45, 7) is 8.93. The van der Waals surface area contributed by atoms with Gasteiger partial charge in [-0.25, -0.2) is 0 Å². The van der Waals surface area contributed by atoms with E-state index in [0.717, 1.165) is 29.8 Å². The van der Waals surface area contributed by atoms with Crippen molar-refractivity contribution in [2.75, 3.05) is 13.4 Å². The van der Waals surface area contributed by atoms with Crippen molar-refractivity contribution in [1.29, 1.82) is 0 Å². The second-order valence-electron chi connectivity index (χ2n) is 4.78. The van der Waals surface area contributed by atoms with E-state index < -0.39 is 0 Å². The molecule has 18 heavy (non-hydrogen) atoms. The van der Waals surface area contributed by atoms with E-state index in [-0.39, 0.29) is 5.60 Å². The lowest BCUT2D eigenvalue weighted by Gasteiger charge is -2.40. The molecule has 1 saturated carbocycles. The van der Waals surface area contributed by atoms with Gasteiger partial charge in [-0.1, -0.05) is 12.7 Å². The van der Waals surface area contributed by atoms with Gasteiger partial charge in [0.2, 0.25) is 0 Å². The summed E-state index contributed by atoms with van der Waals surface area (Å²) in [5, 5.41) is 4.62. The van der Waals surface area contributed by atoms with Crippen molar-refractivity contribution in [2.24, 2.45) is 7.05 Å². The van der Waals surface area contributed by atoms with Crippen molar-refractivity contribution >= 4 is 6.08 Å². The van der Waals surface area contributed by atoms with E-state index in [2.05, 4.69) is 18.6 Å². The number of hydrogen-bond acceptors (Lipinski definition) is 3. The van der Waals surface area contributed by atoms with Crippen LogP contribution in [0.15, 0.2) is 6.58 Å². The summed E-state index contributed by atoms with van der Waals surface area (Å²) in [6, 6.07) is 0. The topological polar surface area (TPSA) is 36.3 Å². The van der Waals surface area contributed by atoms with E-state index in [9.17, 15) is 0 Å². The van der Waals surface area contributed by atoms with Crippen LogP contribution in [0.25, 0.3) is 6.08 Å². The maximum Gasteiger partial charge on any atom is 0.147 e. The molecule has 1 aromatic heterocycles. The zero-order valence-electron chi connectivity index (χ0n) is 11.5. The fourth-order valence-electron chi connectivity index (χ4n) is 2.39. The van der Waals surface area contributed by atoms with Crippen LogP contribution < -0.4 is 0 Å². The highest BCUT2D eigenvalue weighted by Gasteiger charge is 2.44. The van der Waals surface area contributed by atoms with Crippen molar-refractivity contribution in [2.45, 2.75) is 38.7 Å². The molecule has 0 atom stereocenters. The van der Waals surface area contributed by atoms with Crippen LogP contribution in [0.5, 0.6) is 0 Å². The summed E-state index contributed by atoms with van der Waals surface area (Å²) >= 11 is 0. The maximum atomic E-state index is 5.96. The Labute approximate surface area is 109 Å². The predicted octanol–water partition coefficient (Wildman–Crippen LogP) is 2.76. The Morgan fingerprint density at radius 3 is 2.72 bits per heavy atom. The standard InChI is InChI=1S/C14H22N2O2/c1-5-12-11(3)16(4)15-13(12)14(8-7-9-14)18-10-17-6-2/h5H,1,6-10H2,2-4H3. The molecule has 0 aromatic carbocycles. The Morgan fingerprint density at radius 2 is 2.22 bits per heavy atom. The van der Waals surface area contributed by atoms with E-state index >= 15 is 0 Å². The Balaban J connectivity index is 2.27. The van der Waals surface area contributed by atoms with Crippen molar-refractivity contribution in [3.8, 4) is 0 Å². The molecule has 0 spiro atoms. The molecule has 0 bridgehead atoms. The lowest BCUT2D eigenvalue weighted by Crippen LogP contribution is -2.39. The molecule has 4 nitrogen and oxygen atoms in total. The van der Waals surface area contributed by atoms with Crippen molar-refractivity contribution < 1.29 is 9.47 Å². The van der Waals surface area contributed by atoms with Gasteiger partial charge in [-0.15, -0.1) is 0 Å². The number of ether oxygens (including phenoxy) is 2. The Kier molecular flexibility index (Phi) is 3.88. The second kappa shape index (κ2) is 5.24. The normalized spacial score (nSPS) is 17.5. The third-order valence-corrected chi connectivity index (χ3v) is 3.80. The molecule has 1 heterocycles. The number of rotatable bonds is 6. The largest absolute Gasteiger partial charge is 0.356 e. The van der Waals surface area contributed by atoms with Gasteiger partial charge in [0.15, 0.2) is 0 Å². The van der Waals surface area contributed by atoms with Crippen LogP contribution in [-0.2, 0) is 22.1 Å². The minimum absolute atomic E-state index is 0.259. The average molecular weight is 250 g/mol. The molecule has 1 aromatic rings. The molecule has 100 valence electrons. The van der Waals surface area contributed by atoms with Crippen LogP contribution in [0.4, 0.5) is 0 Å². The summed E-state index contributed by atoms with van der Waals surface area (Å²) in [5.41, 5.74) is 2.99. The fourth-order valence-corrected chi connectivity index (χ4v) is 2.39. The summed E-state index contributed by atoms with van der Waals surface area (Å²) in [5.74, 6) is 0. The SMILES string of the molecule is C=Cc1c(C2(OCOCC)CCC2)nn(C)c1C. The molecule has 1 aliphatic rings. The monoisotopic (exact) mass is 250 g/mol. The quantitative estimate of drug-likeness (QED) is 0.575. The lowest BCUT2D eigenvalue weighted by molar-refractivity contribution is -0.180. The van der Waals surface area contributed by atoms with Crippen molar-refractivity contribution in [3.05, 3.63) is 23.5 Å². The van der Waals surface area contributed by atoms with Gasteiger partial charge in [-0.2, -0.15) is 5.10 Å².